The van der Waals surface area contributed by atoms with E-state index in [1.165, 1.54) is 0 Å². The fraction of sp³-hybridized carbons (Fsp3) is 1.00. The Bertz CT molecular complexity index is 367. The molecule has 0 spiro atoms. The van der Waals surface area contributed by atoms with Crippen LogP contribution in [0.1, 0.15) is 0 Å². The number of aliphatic hydroxyl groups excluding tert-OH is 4. The zero-order valence-corrected chi connectivity index (χ0v) is 14.0. The summed E-state index contributed by atoms with van der Waals surface area (Å²) >= 11 is 11.0. The van der Waals surface area contributed by atoms with Crippen LogP contribution in [-0.2, 0) is 13.8 Å². The number of alkyl halides is 2. The lowest BCUT2D eigenvalue weighted by atomic mass is 10.00. The van der Waals surface area contributed by atoms with Gasteiger partial charge in [0.15, 0.2) is 6.29 Å². The van der Waals surface area contributed by atoms with Crippen LogP contribution in [0.5, 0.6) is 0 Å². The second-order valence-corrected chi connectivity index (χ2v) is 7.25. The molecular weight excluding hydrogens is 362 g/mol. The second-order valence-electron chi connectivity index (χ2n) is 4.55. The van der Waals surface area contributed by atoms with Crippen LogP contribution in [0.15, 0.2) is 0 Å². The lowest BCUT2D eigenvalue weighted by Gasteiger charge is -2.40. The van der Waals surface area contributed by atoms with Gasteiger partial charge in [0.05, 0.1) is 6.61 Å². The number of rotatable bonds is 9. The Hall–Kier alpha value is 0.490. The van der Waals surface area contributed by atoms with Gasteiger partial charge in [0.1, 0.15) is 24.4 Å². The van der Waals surface area contributed by atoms with Gasteiger partial charge in [-0.25, -0.2) is 10.2 Å². The molecular formula is C10H21Cl2N2O7P. The average molecular weight is 383 g/mol. The predicted octanol–water partition coefficient (Wildman–Crippen LogP) is -1.43. The largest absolute Gasteiger partial charge is 0.394 e. The molecule has 132 valence electrons. The minimum atomic E-state index is -3.67. The van der Waals surface area contributed by atoms with E-state index >= 15 is 0 Å². The van der Waals surface area contributed by atoms with Gasteiger partial charge in [0.25, 0.3) is 0 Å². The fourth-order valence-corrected chi connectivity index (χ4v) is 3.80. The number of hydrogen-bond donors (Lipinski definition) is 6. The highest BCUT2D eigenvalue weighted by Crippen LogP contribution is 2.41. The topological polar surface area (TPSA) is 141 Å². The number of halogens is 2. The summed E-state index contributed by atoms with van der Waals surface area (Å²) in [5, 5.41) is 43.4. The molecule has 5 atom stereocenters. The molecule has 0 bridgehead atoms. The molecule has 0 radical (unpaired) electrons. The summed E-state index contributed by atoms with van der Waals surface area (Å²) in [4.78, 5) is 0. The van der Waals surface area contributed by atoms with Crippen LogP contribution in [0.25, 0.3) is 0 Å². The Balaban J connectivity index is 2.79. The van der Waals surface area contributed by atoms with Gasteiger partial charge in [-0.05, 0) is 0 Å². The van der Waals surface area contributed by atoms with Gasteiger partial charge in [-0.15, -0.1) is 23.2 Å². The van der Waals surface area contributed by atoms with E-state index in [0.717, 1.165) is 0 Å². The summed E-state index contributed by atoms with van der Waals surface area (Å²) in [7, 11) is -3.67. The van der Waals surface area contributed by atoms with Gasteiger partial charge in [0, 0.05) is 24.8 Å². The van der Waals surface area contributed by atoms with Crippen LogP contribution in [0.4, 0.5) is 0 Å². The maximum absolute atomic E-state index is 12.6. The van der Waals surface area contributed by atoms with Crippen molar-refractivity contribution in [2.45, 2.75) is 30.7 Å². The van der Waals surface area contributed by atoms with Crippen molar-refractivity contribution in [2.24, 2.45) is 0 Å². The SMILES string of the molecule is O=P(NCCCl)(NCCCl)OC1O[C@H](CO)[C@@H](O)[C@H](O)[C@H]1O. The van der Waals surface area contributed by atoms with Crippen molar-refractivity contribution in [3.63, 3.8) is 0 Å². The monoisotopic (exact) mass is 382 g/mol. The lowest BCUT2D eigenvalue weighted by molar-refractivity contribution is -0.277. The summed E-state index contributed by atoms with van der Waals surface area (Å²) in [5.41, 5.74) is 0. The van der Waals surface area contributed by atoms with Gasteiger partial charge < -0.3 is 25.2 Å². The zero-order valence-electron chi connectivity index (χ0n) is 11.6. The standard InChI is InChI=1S/C10H21Cl2N2O7P/c11-1-3-13-22(19,14-4-2-12)21-10-9(18)8(17)7(16)6(5-15)20-10/h6-10,15-18H,1-5H2,(H2,13,14,19)/t6-,7-,8+,9-,10?/m1/s1. The average Bonchev–Trinajstić information content (AvgIpc) is 2.51. The van der Waals surface area contributed by atoms with Crippen molar-refractivity contribution in [1.29, 1.82) is 0 Å². The first-order valence-electron chi connectivity index (χ1n) is 6.59. The van der Waals surface area contributed by atoms with Crippen LogP contribution in [0.3, 0.4) is 0 Å². The fourth-order valence-electron chi connectivity index (χ4n) is 1.81. The summed E-state index contributed by atoms with van der Waals surface area (Å²) in [6.45, 7) is -0.323. The maximum Gasteiger partial charge on any atom is 0.343 e. The molecule has 0 aromatic carbocycles. The van der Waals surface area contributed by atoms with Crippen molar-refractivity contribution in [1.82, 2.24) is 10.2 Å². The van der Waals surface area contributed by atoms with E-state index in [-0.39, 0.29) is 24.8 Å². The third kappa shape index (κ3) is 5.54. The highest BCUT2D eigenvalue weighted by atomic mass is 35.5. The minimum Gasteiger partial charge on any atom is -0.394 e. The maximum atomic E-state index is 12.6. The molecule has 22 heavy (non-hydrogen) atoms. The molecule has 9 nitrogen and oxygen atoms in total. The number of ether oxygens (including phenoxy) is 1. The highest BCUT2D eigenvalue weighted by molar-refractivity contribution is 7.54. The molecule has 0 amide bonds. The van der Waals surface area contributed by atoms with E-state index in [1.54, 1.807) is 0 Å². The van der Waals surface area contributed by atoms with E-state index in [9.17, 15) is 19.9 Å². The second kappa shape index (κ2) is 9.71. The molecule has 1 saturated heterocycles. The first-order valence-corrected chi connectivity index (χ1v) is 9.29. The Labute approximate surface area is 138 Å². The Kier molecular flexibility index (Phi) is 9.06. The first-order chi connectivity index (χ1) is 10.4. The molecule has 1 unspecified atom stereocenters. The van der Waals surface area contributed by atoms with Crippen LogP contribution in [-0.4, -0.2) is 82.6 Å². The third-order valence-corrected chi connectivity index (χ3v) is 5.09. The van der Waals surface area contributed by atoms with E-state index < -0.39 is 45.0 Å². The van der Waals surface area contributed by atoms with Gasteiger partial charge in [-0.3, -0.25) is 9.09 Å². The molecule has 1 heterocycles. The normalized spacial score (nSPS) is 33.1. The number of aliphatic hydroxyl groups is 4. The van der Waals surface area contributed by atoms with Crippen LogP contribution >= 0.6 is 30.9 Å². The Morgan fingerprint density at radius 3 is 2.05 bits per heavy atom. The third-order valence-electron chi connectivity index (χ3n) is 2.93. The lowest BCUT2D eigenvalue weighted by Crippen LogP contribution is -2.59. The molecule has 6 N–H and O–H groups in total. The van der Waals surface area contributed by atoms with E-state index in [1.807, 2.05) is 0 Å². The van der Waals surface area contributed by atoms with Gasteiger partial charge >= 0.3 is 7.67 Å². The Morgan fingerprint density at radius 1 is 1.05 bits per heavy atom. The summed E-state index contributed by atoms with van der Waals surface area (Å²) in [6, 6.07) is 0. The smallest absolute Gasteiger partial charge is 0.343 e. The van der Waals surface area contributed by atoms with Crippen LogP contribution in [0, 0.1) is 0 Å². The van der Waals surface area contributed by atoms with E-state index in [2.05, 4.69) is 10.2 Å². The van der Waals surface area contributed by atoms with Gasteiger partial charge in [0.2, 0.25) is 0 Å². The van der Waals surface area contributed by atoms with Crippen molar-refractivity contribution >= 4 is 30.9 Å². The summed E-state index contributed by atoms with van der Waals surface area (Å²) in [5.74, 6) is 0.315. The zero-order chi connectivity index (χ0) is 16.8. The van der Waals surface area contributed by atoms with Crippen molar-refractivity contribution < 1.29 is 34.3 Å². The van der Waals surface area contributed by atoms with Crippen molar-refractivity contribution in [2.75, 3.05) is 31.5 Å². The predicted molar refractivity (Wildman–Crippen MR) is 79.9 cm³/mol. The molecule has 1 aliphatic heterocycles. The molecule has 1 fully saturated rings. The molecule has 1 aliphatic rings. The van der Waals surface area contributed by atoms with Gasteiger partial charge in [-0.1, -0.05) is 0 Å². The molecule has 12 heteroatoms. The number of nitrogens with one attached hydrogen (secondary N) is 2. The molecule has 0 aromatic rings. The first kappa shape index (κ1) is 20.5. The quantitative estimate of drug-likeness (QED) is 0.209. The molecule has 0 aliphatic carbocycles. The van der Waals surface area contributed by atoms with E-state index in [4.69, 9.17) is 37.6 Å². The Morgan fingerprint density at radius 2 is 1.59 bits per heavy atom. The van der Waals surface area contributed by atoms with E-state index in [0.29, 0.717) is 0 Å². The molecule has 0 saturated carbocycles. The van der Waals surface area contributed by atoms with Gasteiger partial charge in [-0.2, -0.15) is 0 Å². The summed E-state index contributed by atoms with van der Waals surface area (Å²) in [6.07, 6.45) is -7.47. The van der Waals surface area contributed by atoms with Crippen molar-refractivity contribution in [3.05, 3.63) is 0 Å². The molecule has 0 aromatic heterocycles. The van der Waals surface area contributed by atoms with Crippen LogP contribution in [0.2, 0.25) is 0 Å². The van der Waals surface area contributed by atoms with Crippen molar-refractivity contribution in [3.8, 4) is 0 Å². The van der Waals surface area contributed by atoms with Crippen LogP contribution < -0.4 is 10.2 Å². The molecule has 1 rings (SSSR count). The summed E-state index contributed by atoms with van der Waals surface area (Å²) < 4.78 is 22.9. The number of hydrogen-bond acceptors (Lipinski definition) is 7. The highest BCUT2D eigenvalue weighted by Gasteiger charge is 2.46. The minimum absolute atomic E-state index is 0.144.